The van der Waals surface area contributed by atoms with Gasteiger partial charge in [0.1, 0.15) is 29.6 Å². The standard InChI is InChI=1S/C13H17ClN4O3/c1-7-2-9(21-13(7,4-19)5-20)18-3-8(14)10-11(15)16-6-17-12(10)18/h3,6-7,9,19-20H,2,4-5H2,1H3,(H2,15,16,17)/t7-,9+/m0/s1. The number of ether oxygens (including phenoxy) is 1. The predicted octanol–water partition coefficient (Wildman–Crippen LogP) is 0.945. The molecular weight excluding hydrogens is 296 g/mol. The van der Waals surface area contributed by atoms with Crippen LogP contribution < -0.4 is 5.73 Å². The maximum absolute atomic E-state index is 9.55. The lowest BCUT2D eigenvalue weighted by Gasteiger charge is -2.28. The minimum Gasteiger partial charge on any atom is -0.393 e. The van der Waals surface area contributed by atoms with E-state index < -0.39 is 5.60 Å². The molecule has 8 heteroatoms. The minimum atomic E-state index is -0.952. The number of rotatable bonds is 3. The van der Waals surface area contributed by atoms with E-state index in [1.165, 1.54) is 6.33 Å². The lowest BCUT2D eigenvalue weighted by molar-refractivity contribution is -0.132. The van der Waals surface area contributed by atoms with Crippen LogP contribution in [0.25, 0.3) is 11.0 Å². The summed E-state index contributed by atoms with van der Waals surface area (Å²) in [4.78, 5) is 8.15. The maximum Gasteiger partial charge on any atom is 0.149 e. The van der Waals surface area contributed by atoms with Crippen molar-refractivity contribution in [1.82, 2.24) is 14.5 Å². The number of aliphatic hydroxyl groups excluding tert-OH is 2. The van der Waals surface area contributed by atoms with Crippen molar-refractivity contribution in [2.45, 2.75) is 25.2 Å². The van der Waals surface area contributed by atoms with Crippen molar-refractivity contribution in [3.63, 3.8) is 0 Å². The van der Waals surface area contributed by atoms with Crippen LogP contribution in [0.2, 0.25) is 5.02 Å². The van der Waals surface area contributed by atoms with Crippen LogP contribution in [0.5, 0.6) is 0 Å². The van der Waals surface area contributed by atoms with Crippen molar-refractivity contribution in [2.75, 3.05) is 18.9 Å². The molecule has 4 N–H and O–H groups in total. The first-order valence-electron chi connectivity index (χ1n) is 6.68. The van der Waals surface area contributed by atoms with Gasteiger partial charge in [0, 0.05) is 6.20 Å². The second-order valence-electron chi connectivity index (χ2n) is 5.43. The van der Waals surface area contributed by atoms with Gasteiger partial charge < -0.3 is 25.3 Å². The molecule has 0 unspecified atom stereocenters. The summed E-state index contributed by atoms with van der Waals surface area (Å²) in [6.45, 7) is 1.44. The van der Waals surface area contributed by atoms with Crippen molar-refractivity contribution in [3.05, 3.63) is 17.5 Å². The monoisotopic (exact) mass is 312 g/mol. The molecule has 21 heavy (non-hydrogen) atoms. The zero-order valence-electron chi connectivity index (χ0n) is 11.5. The predicted molar refractivity (Wildman–Crippen MR) is 77.8 cm³/mol. The zero-order chi connectivity index (χ0) is 15.2. The van der Waals surface area contributed by atoms with Crippen LogP contribution in [-0.2, 0) is 4.74 Å². The van der Waals surface area contributed by atoms with Crippen LogP contribution in [0.15, 0.2) is 12.5 Å². The van der Waals surface area contributed by atoms with Crippen molar-refractivity contribution >= 4 is 28.5 Å². The Bertz CT molecular complexity index is 671. The molecular formula is C13H17ClN4O3. The van der Waals surface area contributed by atoms with Gasteiger partial charge in [0.2, 0.25) is 0 Å². The first-order valence-corrected chi connectivity index (χ1v) is 7.06. The number of halogens is 1. The lowest BCUT2D eigenvalue weighted by Crippen LogP contribution is -2.42. The summed E-state index contributed by atoms with van der Waals surface area (Å²) < 4.78 is 7.69. The van der Waals surface area contributed by atoms with Crippen LogP contribution in [0.4, 0.5) is 5.82 Å². The SMILES string of the molecule is C[C@H]1C[C@H](n2cc(Cl)c3c(N)ncnc32)OC1(CO)CO. The number of hydrogen-bond acceptors (Lipinski definition) is 6. The molecule has 0 aromatic carbocycles. The van der Waals surface area contributed by atoms with Crippen LogP contribution in [0, 0.1) is 5.92 Å². The molecule has 0 spiro atoms. The molecule has 3 rings (SSSR count). The Morgan fingerprint density at radius 2 is 2.19 bits per heavy atom. The minimum absolute atomic E-state index is 0.00657. The van der Waals surface area contributed by atoms with Gasteiger partial charge >= 0.3 is 0 Å². The summed E-state index contributed by atoms with van der Waals surface area (Å²) in [6.07, 6.45) is 3.32. The van der Waals surface area contributed by atoms with Crippen LogP contribution in [0.1, 0.15) is 19.6 Å². The fourth-order valence-corrected chi connectivity index (χ4v) is 3.13. The molecule has 1 fully saturated rings. The van der Waals surface area contributed by atoms with E-state index in [2.05, 4.69) is 9.97 Å². The molecule has 2 aromatic rings. The van der Waals surface area contributed by atoms with Crippen molar-refractivity contribution in [2.24, 2.45) is 5.92 Å². The quantitative estimate of drug-likeness (QED) is 0.779. The summed E-state index contributed by atoms with van der Waals surface area (Å²) in [5, 5.41) is 20.1. The third kappa shape index (κ3) is 2.08. The summed E-state index contributed by atoms with van der Waals surface area (Å²) in [5.74, 6) is 0.304. The van der Waals surface area contributed by atoms with Crippen LogP contribution in [-0.4, -0.2) is 43.6 Å². The van der Waals surface area contributed by atoms with Gasteiger partial charge in [-0.1, -0.05) is 18.5 Å². The van der Waals surface area contributed by atoms with Gasteiger partial charge in [-0.2, -0.15) is 0 Å². The number of nitrogens with two attached hydrogens (primary N) is 1. The number of nitrogen functional groups attached to an aromatic ring is 1. The summed E-state index contributed by atoms with van der Waals surface area (Å²) in [6, 6.07) is 0. The number of nitrogens with zero attached hydrogens (tertiary/aromatic N) is 3. The highest BCUT2D eigenvalue weighted by atomic mass is 35.5. The smallest absolute Gasteiger partial charge is 0.149 e. The average Bonchev–Trinajstić information content (AvgIpc) is 2.98. The molecule has 2 aromatic heterocycles. The van der Waals surface area contributed by atoms with Crippen LogP contribution >= 0.6 is 11.6 Å². The van der Waals surface area contributed by atoms with E-state index in [1.807, 2.05) is 6.92 Å². The van der Waals surface area contributed by atoms with E-state index >= 15 is 0 Å². The molecule has 3 heterocycles. The molecule has 114 valence electrons. The lowest BCUT2D eigenvalue weighted by atomic mass is 9.90. The Labute approximate surface area is 126 Å². The summed E-state index contributed by atoms with van der Waals surface area (Å²) >= 11 is 6.20. The summed E-state index contributed by atoms with van der Waals surface area (Å²) in [7, 11) is 0. The van der Waals surface area contributed by atoms with Gasteiger partial charge in [0.25, 0.3) is 0 Å². The molecule has 2 atom stereocenters. The zero-order valence-corrected chi connectivity index (χ0v) is 12.3. The van der Waals surface area contributed by atoms with Gasteiger partial charge in [0.05, 0.1) is 23.6 Å². The largest absolute Gasteiger partial charge is 0.393 e. The van der Waals surface area contributed by atoms with E-state index in [1.54, 1.807) is 10.8 Å². The molecule has 0 saturated carbocycles. The highest BCUT2D eigenvalue weighted by Gasteiger charge is 2.46. The van der Waals surface area contributed by atoms with E-state index in [4.69, 9.17) is 22.1 Å². The molecule has 0 bridgehead atoms. The Balaban J connectivity index is 2.05. The molecule has 1 saturated heterocycles. The summed E-state index contributed by atoms with van der Waals surface area (Å²) in [5.41, 5.74) is 5.46. The molecule has 0 aliphatic carbocycles. The van der Waals surface area contributed by atoms with Gasteiger partial charge in [-0.25, -0.2) is 9.97 Å². The molecule has 7 nitrogen and oxygen atoms in total. The molecule has 1 aliphatic heterocycles. The Kier molecular flexibility index (Phi) is 3.53. The Morgan fingerprint density at radius 1 is 1.48 bits per heavy atom. The second-order valence-corrected chi connectivity index (χ2v) is 5.84. The van der Waals surface area contributed by atoms with Gasteiger partial charge in [-0.15, -0.1) is 0 Å². The normalized spacial score (nSPS) is 24.8. The molecule has 0 radical (unpaired) electrons. The molecule has 1 aliphatic rings. The number of aromatic nitrogens is 3. The highest BCUT2D eigenvalue weighted by molar-refractivity contribution is 6.36. The van der Waals surface area contributed by atoms with Gasteiger partial charge in [-0.05, 0) is 12.3 Å². The van der Waals surface area contributed by atoms with Crippen molar-refractivity contribution < 1.29 is 14.9 Å². The van der Waals surface area contributed by atoms with Crippen molar-refractivity contribution in [1.29, 1.82) is 0 Å². The maximum atomic E-state index is 9.55. The fraction of sp³-hybridized carbons (Fsp3) is 0.538. The second kappa shape index (κ2) is 5.10. The van der Waals surface area contributed by atoms with Gasteiger partial charge in [0.15, 0.2) is 0 Å². The average molecular weight is 313 g/mol. The number of hydrogen-bond donors (Lipinski definition) is 3. The number of aliphatic hydroxyl groups is 2. The van der Waals surface area contributed by atoms with Crippen molar-refractivity contribution in [3.8, 4) is 0 Å². The van der Waals surface area contributed by atoms with E-state index in [-0.39, 0.29) is 25.4 Å². The first-order chi connectivity index (χ1) is 10.0. The van der Waals surface area contributed by atoms with E-state index in [0.29, 0.717) is 28.3 Å². The van der Waals surface area contributed by atoms with E-state index in [9.17, 15) is 10.2 Å². The topological polar surface area (TPSA) is 106 Å². The first kappa shape index (κ1) is 14.5. The highest BCUT2D eigenvalue weighted by Crippen LogP contribution is 2.43. The third-order valence-corrected chi connectivity index (χ3v) is 4.55. The Morgan fingerprint density at radius 3 is 2.81 bits per heavy atom. The third-order valence-electron chi connectivity index (χ3n) is 4.26. The molecule has 0 amide bonds. The fourth-order valence-electron chi connectivity index (χ4n) is 2.84. The van der Waals surface area contributed by atoms with Crippen LogP contribution in [0.3, 0.4) is 0 Å². The number of anilines is 1. The van der Waals surface area contributed by atoms with Gasteiger partial charge in [-0.3, -0.25) is 0 Å². The number of fused-ring (bicyclic) bond motifs is 1. The Hall–Kier alpha value is -1.41. The van der Waals surface area contributed by atoms with E-state index in [0.717, 1.165) is 0 Å².